The molecule has 2 rings (SSSR count). The van der Waals surface area contributed by atoms with Crippen LogP contribution in [0.1, 0.15) is 10.4 Å². The summed E-state index contributed by atoms with van der Waals surface area (Å²) in [5.41, 5.74) is 5.87. The highest BCUT2D eigenvalue weighted by atomic mass is 79.9. The second-order valence-corrected chi connectivity index (χ2v) is 8.27. The van der Waals surface area contributed by atoms with Crippen LogP contribution in [-0.4, -0.2) is 8.42 Å². The number of hydrogen-bond donors (Lipinski definition) is 2. The van der Waals surface area contributed by atoms with Gasteiger partial charge < -0.3 is 5.73 Å². The van der Waals surface area contributed by atoms with Crippen LogP contribution in [0.25, 0.3) is 0 Å². The monoisotopic (exact) mass is 378 g/mol. The standard InChI is InChI=1S/C12H12BrFN2O2S2/c13-12-4-3-10(19-12)7-16-20(17,18)11-5-9(14)2-1-8(11)6-15/h1-5,16H,6-7,15H2. The molecule has 0 spiro atoms. The van der Waals surface area contributed by atoms with Gasteiger partial charge >= 0.3 is 0 Å². The molecule has 0 radical (unpaired) electrons. The van der Waals surface area contributed by atoms with Gasteiger partial charge in [-0.1, -0.05) is 6.07 Å². The zero-order valence-electron chi connectivity index (χ0n) is 10.3. The minimum atomic E-state index is -3.79. The van der Waals surface area contributed by atoms with Crippen LogP contribution in [0.3, 0.4) is 0 Å². The van der Waals surface area contributed by atoms with Gasteiger partial charge in [-0.2, -0.15) is 0 Å². The van der Waals surface area contributed by atoms with Crippen LogP contribution in [-0.2, 0) is 23.1 Å². The molecule has 0 saturated carbocycles. The molecule has 1 aromatic heterocycles. The first-order valence-corrected chi connectivity index (χ1v) is 8.74. The molecule has 0 aliphatic rings. The molecular formula is C12H12BrFN2O2S2. The van der Waals surface area contributed by atoms with Crippen molar-refractivity contribution in [1.29, 1.82) is 0 Å². The maximum atomic E-state index is 13.2. The lowest BCUT2D eigenvalue weighted by Crippen LogP contribution is -2.24. The molecule has 2 aromatic rings. The van der Waals surface area contributed by atoms with Crippen LogP contribution < -0.4 is 10.5 Å². The molecule has 20 heavy (non-hydrogen) atoms. The molecule has 0 aliphatic heterocycles. The number of thiophene rings is 1. The first kappa shape index (κ1) is 15.6. The lowest BCUT2D eigenvalue weighted by Gasteiger charge is -2.10. The van der Waals surface area contributed by atoms with E-state index in [2.05, 4.69) is 20.7 Å². The highest BCUT2D eigenvalue weighted by Crippen LogP contribution is 2.23. The van der Waals surface area contributed by atoms with E-state index < -0.39 is 15.8 Å². The smallest absolute Gasteiger partial charge is 0.241 e. The third-order valence-corrected chi connectivity index (χ3v) is 5.71. The molecule has 0 bridgehead atoms. The molecule has 0 saturated heterocycles. The van der Waals surface area contributed by atoms with Crippen molar-refractivity contribution in [3.05, 3.63) is 50.4 Å². The van der Waals surface area contributed by atoms with Crippen LogP contribution in [0.4, 0.5) is 4.39 Å². The van der Waals surface area contributed by atoms with Crippen molar-refractivity contribution in [3.63, 3.8) is 0 Å². The van der Waals surface area contributed by atoms with E-state index in [1.165, 1.54) is 23.5 Å². The van der Waals surface area contributed by atoms with Gasteiger partial charge in [0.05, 0.1) is 8.68 Å². The van der Waals surface area contributed by atoms with E-state index in [-0.39, 0.29) is 18.0 Å². The quantitative estimate of drug-likeness (QED) is 0.839. The molecule has 3 N–H and O–H groups in total. The minimum absolute atomic E-state index is 0.0288. The largest absolute Gasteiger partial charge is 0.326 e. The molecule has 8 heteroatoms. The second kappa shape index (κ2) is 6.31. The Morgan fingerprint density at radius 2 is 2.05 bits per heavy atom. The number of nitrogens with one attached hydrogen (secondary N) is 1. The Balaban J connectivity index is 2.24. The topological polar surface area (TPSA) is 72.2 Å². The maximum Gasteiger partial charge on any atom is 0.241 e. The zero-order chi connectivity index (χ0) is 14.8. The van der Waals surface area contributed by atoms with E-state index in [0.717, 1.165) is 14.7 Å². The number of sulfonamides is 1. The molecular weight excluding hydrogens is 367 g/mol. The Morgan fingerprint density at radius 3 is 2.65 bits per heavy atom. The van der Waals surface area contributed by atoms with E-state index in [1.807, 2.05) is 12.1 Å². The summed E-state index contributed by atoms with van der Waals surface area (Å²) in [7, 11) is -3.79. The van der Waals surface area contributed by atoms with Crippen LogP contribution >= 0.6 is 27.3 Å². The predicted molar refractivity (Wildman–Crippen MR) is 80.3 cm³/mol. The average Bonchev–Trinajstić information content (AvgIpc) is 2.82. The average molecular weight is 379 g/mol. The summed E-state index contributed by atoms with van der Waals surface area (Å²) in [6, 6.07) is 7.20. The number of halogens is 2. The molecule has 108 valence electrons. The summed E-state index contributed by atoms with van der Waals surface area (Å²) < 4.78 is 41.0. The Hall–Kier alpha value is -0.800. The fourth-order valence-corrected chi connectivity index (χ4v) is 4.42. The first-order valence-electron chi connectivity index (χ1n) is 5.65. The summed E-state index contributed by atoms with van der Waals surface area (Å²) >= 11 is 4.73. The number of hydrogen-bond acceptors (Lipinski definition) is 4. The summed E-state index contributed by atoms with van der Waals surface area (Å²) in [4.78, 5) is 0.738. The van der Waals surface area contributed by atoms with Gasteiger partial charge in [-0.15, -0.1) is 11.3 Å². The molecule has 0 unspecified atom stereocenters. The van der Waals surface area contributed by atoms with Gasteiger partial charge in [0.25, 0.3) is 0 Å². The minimum Gasteiger partial charge on any atom is -0.326 e. The highest BCUT2D eigenvalue weighted by molar-refractivity contribution is 9.11. The van der Waals surface area contributed by atoms with Crippen molar-refractivity contribution in [3.8, 4) is 0 Å². The van der Waals surface area contributed by atoms with E-state index in [9.17, 15) is 12.8 Å². The Kier molecular flexibility index (Phi) is 4.92. The molecule has 0 amide bonds. The van der Waals surface area contributed by atoms with Crippen molar-refractivity contribution in [2.75, 3.05) is 0 Å². The molecule has 0 fully saturated rings. The Morgan fingerprint density at radius 1 is 1.30 bits per heavy atom. The normalized spacial score (nSPS) is 11.8. The third kappa shape index (κ3) is 3.64. The lowest BCUT2D eigenvalue weighted by molar-refractivity contribution is 0.576. The summed E-state index contributed by atoms with van der Waals surface area (Å²) in [6.07, 6.45) is 0. The lowest BCUT2D eigenvalue weighted by atomic mass is 10.2. The van der Waals surface area contributed by atoms with Gasteiger partial charge in [0, 0.05) is 18.0 Å². The van der Waals surface area contributed by atoms with E-state index in [0.29, 0.717) is 5.56 Å². The zero-order valence-corrected chi connectivity index (χ0v) is 13.5. The summed E-state index contributed by atoms with van der Waals surface area (Å²) in [6.45, 7) is 0.181. The second-order valence-electron chi connectivity index (χ2n) is 3.99. The molecule has 0 aliphatic carbocycles. The Labute approximate surface area is 129 Å². The van der Waals surface area contributed by atoms with E-state index in [4.69, 9.17) is 5.73 Å². The van der Waals surface area contributed by atoms with Crippen LogP contribution in [0.2, 0.25) is 0 Å². The SMILES string of the molecule is NCc1ccc(F)cc1S(=O)(=O)NCc1ccc(Br)s1. The number of benzene rings is 1. The summed E-state index contributed by atoms with van der Waals surface area (Å²) in [5, 5.41) is 0. The Bertz CT molecular complexity index is 716. The fourth-order valence-electron chi connectivity index (χ4n) is 1.64. The van der Waals surface area contributed by atoms with E-state index >= 15 is 0 Å². The van der Waals surface area contributed by atoms with Crippen molar-refractivity contribution >= 4 is 37.3 Å². The summed E-state index contributed by atoms with van der Waals surface area (Å²) in [5.74, 6) is -0.610. The molecule has 4 nitrogen and oxygen atoms in total. The fraction of sp³-hybridized carbons (Fsp3) is 0.167. The highest BCUT2D eigenvalue weighted by Gasteiger charge is 2.18. The molecule has 1 heterocycles. The molecule has 0 atom stereocenters. The van der Waals surface area contributed by atoms with Gasteiger partial charge in [0.15, 0.2) is 0 Å². The van der Waals surface area contributed by atoms with Gasteiger partial charge in [-0.25, -0.2) is 17.5 Å². The van der Waals surface area contributed by atoms with Crippen molar-refractivity contribution in [1.82, 2.24) is 4.72 Å². The maximum absolute atomic E-state index is 13.2. The first-order chi connectivity index (χ1) is 9.42. The van der Waals surface area contributed by atoms with Gasteiger partial charge in [0.2, 0.25) is 10.0 Å². The molecule has 1 aromatic carbocycles. The van der Waals surface area contributed by atoms with Gasteiger partial charge in [-0.3, -0.25) is 0 Å². The third-order valence-electron chi connectivity index (χ3n) is 2.60. The van der Waals surface area contributed by atoms with E-state index in [1.54, 1.807) is 0 Å². The van der Waals surface area contributed by atoms with Crippen molar-refractivity contribution < 1.29 is 12.8 Å². The number of nitrogens with two attached hydrogens (primary N) is 1. The van der Waals surface area contributed by atoms with Crippen molar-refractivity contribution in [2.24, 2.45) is 5.73 Å². The van der Waals surface area contributed by atoms with Crippen molar-refractivity contribution in [2.45, 2.75) is 18.0 Å². The predicted octanol–water partition coefficient (Wildman–Crippen LogP) is 2.59. The van der Waals surface area contributed by atoms with Crippen LogP contribution in [0, 0.1) is 5.82 Å². The van der Waals surface area contributed by atoms with Gasteiger partial charge in [0.1, 0.15) is 5.82 Å². The van der Waals surface area contributed by atoms with Gasteiger partial charge in [-0.05, 0) is 45.8 Å². The number of rotatable bonds is 5. The van der Waals surface area contributed by atoms with Crippen LogP contribution in [0.15, 0.2) is 39.0 Å². The van der Waals surface area contributed by atoms with Crippen LogP contribution in [0.5, 0.6) is 0 Å².